The topological polar surface area (TPSA) is 111 Å². The molecule has 0 atom stereocenters. The van der Waals surface area contributed by atoms with Gasteiger partial charge in [0.15, 0.2) is 6.61 Å². The van der Waals surface area contributed by atoms with E-state index in [0.29, 0.717) is 28.6 Å². The summed E-state index contributed by atoms with van der Waals surface area (Å²) in [7, 11) is 0. The minimum absolute atomic E-state index is 0.143. The zero-order valence-electron chi connectivity index (χ0n) is 18.8. The van der Waals surface area contributed by atoms with Crippen LogP contribution < -0.4 is 10.6 Å². The van der Waals surface area contributed by atoms with E-state index < -0.39 is 30.4 Å². The second-order valence-corrected chi connectivity index (χ2v) is 8.23. The van der Waals surface area contributed by atoms with Gasteiger partial charge in [-0.2, -0.15) is 0 Å². The lowest BCUT2D eigenvalue weighted by atomic mass is 10.2. The van der Waals surface area contributed by atoms with E-state index in [-0.39, 0.29) is 18.8 Å². The fraction of sp³-hybridized carbons (Fsp3) is 0.333. The smallest absolute Gasteiger partial charge is 0.338 e. The van der Waals surface area contributed by atoms with E-state index in [1.165, 1.54) is 6.07 Å². The Hall–Kier alpha value is -3.39. The lowest BCUT2D eigenvalue weighted by Gasteiger charge is -2.10. The van der Waals surface area contributed by atoms with Gasteiger partial charge < -0.3 is 20.1 Å². The Bertz CT molecular complexity index is 1020. The fourth-order valence-electron chi connectivity index (χ4n) is 2.62. The number of aryl methyl sites for hydroxylation is 1. The van der Waals surface area contributed by atoms with Gasteiger partial charge in [-0.15, -0.1) is 0 Å². The van der Waals surface area contributed by atoms with Crippen molar-refractivity contribution in [1.29, 1.82) is 0 Å². The molecule has 0 saturated carbocycles. The summed E-state index contributed by atoms with van der Waals surface area (Å²) in [5.74, 6) is -1.90. The Morgan fingerprint density at radius 1 is 0.939 bits per heavy atom. The fourth-order valence-corrected chi connectivity index (χ4v) is 2.79. The Morgan fingerprint density at radius 3 is 2.42 bits per heavy atom. The van der Waals surface area contributed by atoms with E-state index in [2.05, 4.69) is 10.6 Å². The molecule has 0 unspecified atom stereocenters. The van der Waals surface area contributed by atoms with Crippen LogP contribution in [0, 0.1) is 12.8 Å². The van der Waals surface area contributed by atoms with Crippen molar-refractivity contribution in [3.63, 3.8) is 0 Å². The van der Waals surface area contributed by atoms with Crippen LogP contribution in [-0.2, 0) is 23.9 Å². The summed E-state index contributed by atoms with van der Waals surface area (Å²) in [6.07, 6.45) is -0.346. The van der Waals surface area contributed by atoms with E-state index in [0.717, 1.165) is 5.56 Å². The normalized spacial score (nSPS) is 10.5. The first-order chi connectivity index (χ1) is 15.6. The molecule has 2 aromatic carbocycles. The highest BCUT2D eigenvalue weighted by Crippen LogP contribution is 2.20. The van der Waals surface area contributed by atoms with Crippen LogP contribution >= 0.6 is 11.6 Å². The molecule has 0 radical (unpaired) electrons. The number of anilines is 2. The van der Waals surface area contributed by atoms with Crippen molar-refractivity contribution in [1.82, 2.24) is 0 Å². The third kappa shape index (κ3) is 9.33. The number of ether oxygens (including phenoxy) is 2. The first-order valence-electron chi connectivity index (χ1n) is 10.4. The van der Waals surface area contributed by atoms with Crippen molar-refractivity contribution in [3.8, 4) is 0 Å². The molecule has 9 heteroatoms. The first-order valence-corrected chi connectivity index (χ1v) is 10.8. The molecule has 2 rings (SSSR count). The molecular formula is C24H27ClN2O6. The lowest BCUT2D eigenvalue weighted by Crippen LogP contribution is -2.22. The van der Waals surface area contributed by atoms with Gasteiger partial charge in [0.1, 0.15) is 0 Å². The quantitative estimate of drug-likeness (QED) is 0.495. The van der Waals surface area contributed by atoms with Crippen LogP contribution in [0.1, 0.15) is 42.6 Å². The van der Waals surface area contributed by atoms with E-state index >= 15 is 0 Å². The van der Waals surface area contributed by atoms with Crippen molar-refractivity contribution in [2.75, 3.05) is 23.8 Å². The van der Waals surface area contributed by atoms with Crippen molar-refractivity contribution < 1.29 is 28.7 Å². The second kappa shape index (κ2) is 12.6. The number of rotatable bonds is 10. The Balaban J connectivity index is 1.75. The SMILES string of the molecule is Cc1ccc(Cl)cc1NC(=O)COC(=O)CCC(=O)Nc1cccc(C(=O)OCC(C)C)c1. The summed E-state index contributed by atoms with van der Waals surface area (Å²) in [5, 5.41) is 5.71. The summed E-state index contributed by atoms with van der Waals surface area (Å²) in [5.41, 5.74) is 2.06. The molecule has 0 spiro atoms. The molecule has 0 aliphatic heterocycles. The molecule has 176 valence electrons. The highest BCUT2D eigenvalue weighted by molar-refractivity contribution is 6.31. The lowest BCUT2D eigenvalue weighted by molar-refractivity contribution is -0.147. The zero-order chi connectivity index (χ0) is 24.4. The Labute approximate surface area is 197 Å². The number of nitrogens with one attached hydrogen (secondary N) is 2. The summed E-state index contributed by atoms with van der Waals surface area (Å²) in [6.45, 7) is 5.49. The van der Waals surface area contributed by atoms with Gasteiger partial charge in [0.2, 0.25) is 5.91 Å². The van der Waals surface area contributed by atoms with Gasteiger partial charge in [0, 0.05) is 22.8 Å². The largest absolute Gasteiger partial charge is 0.462 e. The molecule has 0 fully saturated rings. The second-order valence-electron chi connectivity index (χ2n) is 7.79. The molecule has 2 N–H and O–H groups in total. The minimum atomic E-state index is -0.686. The average Bonchev–Trinajstić information content (AvgIpc) is 2.77. The van der Waals surface area contributed by atoms with Crippen molar-refractivity contribution >= 4 is 46.7 Å². The molecule has 2 aromatic rings. The van der Waals surface area contributed by atoms with Crippen molar-refractivity contribution in [2.45, 2.75) is 33.6 Å². The molecule has 0 heterocycles. The van der Waals surface area contributed by atoms with Crippen LogP contribution in [0.4, 0.5) is 11.4 Å². The van der Waals surface area contributed by atoms with Gasteiger partial charge in [0.05, 0.1) is 18.6 Å². The number of carbonyl (C=O) groups is 4. The minimum Gasteiger partial charge on any atom is -0.462 e. The third-order valence-electron chi connectivity index (χ3n) is 4.32. The molecular weight excluding hydrogens is 448 g/mol. The van der Waals surface area contributed by atoms with Gasteiger partial charge in [0.25, 0.3) is 5.91 Å². The summed E-state index contributed by atoms with van der Waals surface area (Å²) in [4.78, 5) is 48.0. The molecule has 0 saturated heterocycles. The predicted octanol–water partition coefficient (Wildman–Crippen LogP) is 4.36. The maximum Gasteiger partial charge on any atom is 0.338 e. The molecule has 8 nitrogen and oxygen atoms in total. The average molecular weight is 475 g/mol. The van der Waals surface area contributed by atoms with Gasteiger partial charge >= 0.3 is 11.9 Å². The number of carbonyl (C=O) groups excluding carboxylic acids is 4. The van der Waals surface area contributed by atoms with Gasteiger partial charge in [-0.25, -0.2) is 4.79 Å². The maximum absolute atomic E-state index is 12.1. The van der Waals surface area contributed by atoms with Crippen molar-refractivity contribution in [2.24, 2.45) is 5.92 Å². The molecule has 0 bridgehead atoms. The van der Waals surface area contributed by atoms with Crippen LogP contribution in [0.15, 0.2) is 42.5 Å². The number of halogens is 1. The molecule has 2 amide bonds. The number of hydrogen-bond acceptors (Lipinski definition) is 6. The zero-order valence-corrected chi connectivity index (χ0v) is 19.5. The Morgan fingerprint density at radius 2 is 1.70 bits per heavy atom. The summed E-state index contributed by atoms with van der Waals surface area (Å²) in [6, 6.07) is 11.4. The van der Waals surface area contributed by atoms with E-state index in [9.17, 15) is 19.2 Å². The third-order valence-corrected chi connectivity index (χ3v) is 4.56. The molecule has 33 heavy (non-hydrogen) atoms. The highest BCUT2D eigenvalue weighted by Gasteiger charge is 2.13. The maximum atomic E-state index is 12.1. The first kappa shape index (κ1) is 25.9. The van der Waals surface area contributed by atoms with E-state index in [1.54, 1.807) is 43.3 Å². The highest BCUT2D eigenvalue weighted by atomic mass is 35.5. The molecule has 0 aliphatic carbocycles. The van der Waals surface area contributed by atoms with Crippen LogP contribution in [0.5, 0.6) is 0 Å². The van der Waals surface area contributed by atoms with Gasteiger partial charge in [-0.05, 0) is 48.7 Å². The number of hydrogen-bond donors (Lipinski definition) is 2. The van der Waals surface area contributed by atoms with Gasteiger partial charge in [-0.3, -0.25) is 14.4 Å². The van der Waals surface area contributed by atoms with E-state index in [1.807, 2.05) is 13.8 Å². The monoisotopic (exact) mass is 474 g/mol. The van der Waals surface area contributed by atoms with E-state index in [4.69, 9.17) is 21.1 Å². The van der Waals surface area contributed by atoms with Gasteiger partial charge in [-0.1, -0.05) is 37.6 Å². The molecule has 0 aromatic heterocycles. The Kier molecular flexibility index (Phi) is 9.87. The molecule has 0 aliphatic rings. The van der Waals surface area contributed by atoms with Crippen LogP contribution in [0.2, 0.25) is 5.02 Å². The number of amides is 2. The van der Waals surface area contributed by atoms with Crippen LogP contribution in [-0.4, -0.2) is 37.0 Å². The van der Waals surface area contributed by atoms with Crippen LogP contribution in [0.25, 0.3) is 0 Å². The number of esters is 2. The predicted molar refractivity (Wildman–Crippen MR) is 125 cm³/mol. The summed E-state index contributed by atoms with van der Waals surface area (Å²) >= 11 is 5.91. The van der Waals surface area contributed by atoms with Crippen LogP contribution in [0.3, 0.4) is 0 Å². The number of benzene rings is 2. The van der Waals surface area contributed by atoms with Crippen molar-refractivity contribution in [3.05, 3.63) is 58.6 Å². The standard InChI is InChI=1S/C24H27ClN2O6/c1-15(2)13-33-24(31)17-5-4-6-19(11-17)26-21(28)9-10-23(30)32-14-22(29)27-20-12-18(25)8-7-16(20)3/h4-8,11-12,15H,9-10,13-14H2,1-3H3,(H,26,28)(H,27,29). The summed E-state index contributed by atoms with van der Waals surface area (Å²) < 4.78 is 10.1.